The van der Waals surface area contributed by atoms with Crippen LogP contribution >= 0.6 is 0 Å². The van der Waals surface area contributed by atoms with Gasteiger partial charge in [-0.3, -0.25) is 4.79 Å². The van der Waals surface area contributed by atoms with Crippen LogP contribution in [0, 0.1) is 5.92 Å². The molecule has 2 rings (SSSR count). The van der Waals surface area contributed by atoms with Gasteiger partial charge in [0.15, 0.2) is 0 Å². The number of piperidine rings is 1. The van der Waals surface area contributed by atoms with Gasteiger partial charge in [0.05, 0.1) is 12.0 Å². The van der Waals surface area contributed by atoms with Crippen LogP contribution in [0.25, 0.3) is 0 Å². The molecule has 0 aliphatic carbocycles. The molecule has 1 aromatic carbocycles. The predicted molar refractivity (Wildman–Crippen MR) is 87.6 cm³/mol. The highest BCUT2D eigenvalue weighted by Gasteiger charge is 2.29. The van der Waals surface area contributed by atoms with Crippen molar-refractivity contribution in [2.75, 3.05) is 26.2 Å². The molecule has 1 fully saturated rings. The molecule has 0 atom stereocenters. The Bertz CT molecular complexity index is 520. The monoisotopic (exact) mass is 342 g/mol. The molecule has 1 heterocycles. The number of hydrogen-bond donors (Lipinski definition) is 1. The van der Waals surface area contributed by atoms with Gasteiger partial charge in [-0.1, -0.05) is 19.1 Å². The van der Waals surface area contributed by atoms with Crippen molar-refractivity contribution >= 4 is 5.91 Å². The van der Waals surface area contributed by atoms with Gasteiger partial charge in [0.2, 0.25) is 5.91 Å². The number of benzene rings is 1. The van der Waals surface area contributed by atoms with Gasteiger partial charge in [-0.2, -0.15) is 13.2 Å². The Morgan fingerprint density at radius 1 is 1.21 bits per heavy atom. The maximum atomic E-state index is 12.5. The van der Waals surface area contributed by atoms with Gasteiger partial charge < -0.3 is 10.2 Å². The molecule has 0 unspecified atom stereocenters. The average Bonchev–Trinajstić information content (AvgIpc) is 2.53. The fraction of sp³-hybridized carbons (Fsp3) is 0.611. The van der Waals surface area contributed by atoms with Gasteiger partial charge in [-0.25, -0.2) is 0 Å². The molecule has 134 valence electrons. The second kappa shape index (κ2) is 8.51. The first-order valence-electron chi connectivity index (χ1n) is 8.50. The third-order valence-corrected chi connectivity index (χ3v) is 4.50. The third-order valence-electron chi connectivity index (χ3n) is 4.50. The van der Waals surface area contributed by atoms with Crippen LogP contribution in [-0.4, -0.2) is 37.0 Å². The Morgan fingerprint density at radius 3 is 2.42 bits per heavy atom. The molecule has 3 nitrogen and oxygen atoms in total. The number of hydrogen-bond acceptors (Lipinski definition) is 2. The van der Waals surface area contributed by atoms with Crippen LogP contribution in [0.15, 0.2) is 24.3 Å². The number of alkyl halides is 3. The Hall–Kier alpha value is -1.56. The third kappa shape index (κ3) is 6.15. The molecule has 0 aromatic heterocycles. The Kier molecular flexibility index (Phi) is 6.66. The molecule has 0 spiro atoms. The zero-order valence-corrected chi connectivity index (χ0v) is 14.0. The van der Waals surface area contributed by atoms with Crippen molar-refractivity contribution in [1.29, 1.82) is 0 Å². The minimum atomic E-state index is -4.34. The van der Waals surface area contributed by atoms with E-state index in [0.717, 1.165) is 44.1 Å². The normalized spacial score (nSPS) is 17.0. The van der Waals surface area contributed by atoms with E-state index < -0.39 is 11.7 Å². The van der Waals surface area contributed by atoms with Gasteiger partial charge in [0.1, 0.15) is 0 Å². The molecular formula is C18H25F3N2O. The maximum Gasteiger partial charge on any atom is 0.416 e. The van der Waals surface area contributed by atoms with Crippen molar-refractivity contribution in [2.24, 2.45) is 5.92 Å². The summed E-state index contributed by atoms with van der Waals surface area (Å²) in [7, 11) is 0. The Morgan fingerprint density at radius 2 is 1.83 bits per heavy atom. The lowest BCUT2D eigenvalue weighted by molar-refractivity contribution is -0.137. The maximum absolute atomic E-state index is 12.5. The minimum absolute atomic E-state index is 0.110. The van der Waals surface area contributed by atoms with E-state index in [1.807, 2.05) is 0 Å². The second-order valence-corrected chi connectivity index (χ2v) is 6.60. The van der Waals surface area contributed by atoms with E-state index in [1.54, 1.807) is 0 Å². The molecule has 1 N–H and O–H groups in total. The number of halogens is 3. The fourth-order valence-corrected chi connectivity index (χ4v) is 2.88. The molecule has 1 amide bonds. The first kappa shape index (κ1) is 18.8. The number of carbonyl (C=O) groups is 1. The summed E-state index contributed by atoms with van der Waals surface area (Å²) in [5, 5.41) is 2.84. The minimum Gasteiger partial charge on any atom is -0.356 e. The number of rotatable bonds is 6. The molecule has 1 aromatic rings. The molecule has 6 heteroatoms. The van der Waals surface area contributed by atoms with Gasteiger partial charge in [-0.15, -0.1) is 0 Å². The van der Waals surface area contributed by atoms with E-state index in [4.69, 9.17) is 0 Å². The van der Waals surface area contributed by atoms with Crippen molar-refractivity contribution in [2.45, 2.75) is 38.8 Å². The lowest BCUT2D eigenvalue weighted by Crippen LogP contribution is -2.35. The van der Waals surface area contributed by atoms with Crippen LogP contribution in [-0.2, 0) is 17.4 Å². The van der Waals surface area contributed by atoms with Gasteiger partial charge >= 0.3 is 6.18 Å². The highest BCUT2D eigenvalue weighted by molar-refractivity contribution is 5.78. The molecule has 24 heavy (non-hydrogen) atoms. The van der Waals surface area contributed by atoms with Crippen molar-refractivity contribution in [1.82, 2.24) is 10.2 Å². The number of nitrogens with one attached hydrogen (secondary N) is 1. The molecule has 1 aliphatic rings. The van der Waals surface area contributed by atoms with Gasteiger partial charge in [0.25, 0.3) is 0 Å². The fourth-order valence-electron chi connectivity index (χ4n) is 2.88. The summed E-state index contributed by atoms with van der Waals surface area (Å²) in [4.78, 5) is 14.3. The van der Waals surface area contributed by atoms with E-state index in [2.05, 4.69) is 17.1 Å². The summed E-state index contributed by atoms with van der Waals surface area (Å²) in [5.41, 5.74) is -0.104. The lowest BCUT2D eigenvalue weighted by Gasteiger charge is -2.30. The van der Waals surface area contributed by atoms with Crippen LogP contribution in [0.5, 0.6) is 0 Å². The lowest BCUT2D eigenvalue weighted by atomic mass is 9.99. The van der Waals surface area contributed by atoms with Crippen molar-refractivity contribution in [3.8, 4) is 0 Å². The summed E-state index contributed by atoms with van der Waals surface area (Å²) >= 11 is 0. The number of likely N-dealkylation sites (tertiary alicyclic amines) is 1. The van der Waals surface area contributed by atoms with Crippen LogP contribution in [0.3, 0.4) is 0 Å². The molecule has 0 bridgehead atoms. The second-order valence-electron chi connectivity index (χ2n) is 6.60. The smallest absolute Gasteiger partial charge is 0.356 e. The summed E-state index contributed by atoms with van der Waals surface area (Å²) in [6, 6.07) is 4.74. The highest BCUT2D eigenvalue weighted by Crippen LogP contribution is 2.29. The van der Waals surface area contributed by atoms with Gasteiger partial charge in [-0.05, 0) is 62.5 Å². The summed E-state index contributed by atoms with van der Waals surface area (Å²) in [6.07, 6.45) is -0.861. The van der Waals surface area contributed by atoms with E-state index in [0.29, 0.717) is 12.1 Å². The van der Waals surface area contributed by atoms with Crippen LogP contribution in [0.1, 0.15) is 37.3 Å². The topological polar surface area (TPSA) is 32.3 Å². The molecule has 0 radical (unpaired) electrons. The summed E-state index contributed by atoms with van der Waals surface area (Å²) in [5.74, 6) is 0.659. The SMILES string of the molecule is CC1CCN(CCCNC(=O)Cc2ccc(C(F)(F)F)cc2)CC1. The van der Waals surface area contributed by atoms with E-state index >= 15 is 0 Å². The van der Waals surface area contributed by atoms with Crippen LogP contribution in [0.4, 0.5) is 13.2 Å². The van der Waals surface area contributed by atoms with Crippen LogP contribution < -0.4 is 5.32 Å². The molecule has 1 aliphatic heterocycles. The molecule has 0 saturated carbocycles. The van der Waals surface area contributed by atoms with E-state index in [9.17, 15) is 18.0 Å². The van der Waals surface area contributed by atoms with E-state index in [-0.39, 0.29) is 12.3 Å². The summed E-state index contributed by atoms with van der Waals surface area (Å²) in [6.45, 7) is 6.11. The first-order chi connectivity index (χ1) is 11.3. The zero-order valence-electron chi connectivity index (χ0n) is 14.0. The van der Waals surface area contributed by atoms with Crippen molar-refractivity contribution in [3.63, 3.8) is 0 Å². The zero-order chi connectivity index (χ0) is 17.6. The number of amides is 1. The highest BCUT2D eigenvalue weighted by atomic mass is 19.4. The summed E-state index contributed by atoms with van der Waals surface area (Å²) < 4.78 is 37.4. The Labute approximate surface area is 141 Å². The number of carbonyl (C=O) groups excluding carboxylic acids is 1. The quantitative estimate of drug-likeness (QED) is 0.803. The Balaban J connectivity index is 1.64. The molecule has 1 saturated heterocycles. The van der Waals surface area contributed by atoms with Crippen molar-refractivity contribution < 1.29 is 18.0 Å². The number of nitrogens with zero attached hydrogens (tertiary/aromatic N) is 1. The van der Waals surface area contributed by atoms with E-state index in [1.165, 1.54) is 25.0 Å². The standard InChI is InChI=1S/C18H25F3N2O/c1-14-7-11-23(12-8-14)10-2-9-22-17(24)13-15-3-5-16(6-4-15)18(19,20)21/h3-6,14H,2,7-13H2,1H3,(H,22,24). The predicted octanol–water partition coefficient (Wildman–Crippen LogP) is 3.49. The van der Waals surface area contributed by atoms with Crippen molar-refractivity contribution in [3.05, 3.63) is 35.4 Å². The molecular weight excluding hydrogens is 317 g/mol. The first-order valence-corrected chi connectivity index (χ1v) is 8.50. The average molecular weight is 342 g/mol. The van der Waals surface area contributed by atoms with Gasteiger partial charge in [0, 0.05) is 6.54 Å². The largest absolute Gasteiger partial charge is 0.416 e. The van der Waals surface area contributed by atoms with Crippen LogP contribution in [0.2, 0.25) is 0 Å².